The van der Waals surface area contributed by atoms with Gasteiger partial charge < -0.3 is 9.52 Å². The van der Waals surface area contributed by atoms with Gasteiger partial charge in [0.25, 0.3) is 0 Å². The molecule has 0 saturated carbocycles. The number of hydrogen-bond donors (Lipinski definition) is 1. The highest BCUT2D eigenvalue weighted by molar-refractivity contribution is 5.85. The van der Waals surface area contributed by atoms with Crippen LogP contribution in [0.2, 0.25) is 0 Å². The van der Waals surface area contributed by atoms with E-state index in [0.29, 0.717) is 24.0 Å². The van der Waals surface area contributed by atoms with Crippen molar-refractivity contribution in [3.8, 4) is 5.75 Å². The highest BCUT2D eigenvalue weighted by atomic mass is 16.4. The lowest BCUT2D eigenvalue weighted by atomic mass is 10.0. The minimum Gasteiger partial charge on any atom is -0.508 e. The molecule has 0 aliphatic heterocycles. The van der Waals surface area contributed by atoms with E-state index in [1.807, 2.05) is 0 Å². The Balaban J connectivity index is 2.84. The van der Waals surface area contributed by atoms with Gasteiger partial charge in [-0.2, -0.15) is 0 Å². The van der Waals surface area contributed by atoms with E-state index in [9.17, 15) is 9.90 Å². The van der Waals surface area contributed by atoms with E-state index in [-0.39, 0.29) is 5.75 Å². The van der Waals surface area contributed by atoms with Gasteiger partial charge in [0.1, 0.15) is 11.3 Å². The van der Waals surface area contributed by atoms with Gasteiger partial charge in [-0.05, 0) is 30.5 Å². The molecule has 0 bridgehead atoms. The van der Waals surface area contributed by atoms with Gasteiger partial charge in [-0.3, -0.25) is 0 Å². The molecule has 0 unspecified atom stereocenters. The van der Waals surface area contributed by atoms with E-state index >= 15 is 0 Å². The van der Waals surface area contributed by atoms with E-state index in [0.717, 1.165) is 10.9 Å². The Morgan fingerprint density at radius 1 is 1.22 bits per heavy atom. The van der Waals surface area contributed by atoms with Gasteiger partial charge in [0.05, 0.1) is 0 Å². The minimum atomic E-state index is -0.421. The number of aromatic hydroxyl groups is 1. The average Bonchev–Trinajstić information content (AvgIpc) is 2.33. The molecule has 1 heterocycles. The van der Waals surface area contributed by atoms with E-state index in [2.05, 4.69) is 13.2 Å². The maximum absolute atomic E-state index is 11.5. The van der Waals surface area contributed by atoms with Crippen LogP contribution in [0.25, 0.3) is 11.0 Å². The zero-order valence-corrected chi connectivity index (χ0v) is 9.98. The maximum atomic E-state index is 11.5. The lowest BCUT2D eigenvalue weighted by Gasteiger charge is -2.08. The van der Waals surface area contributed by atoms with Crippen LogP contribution < -0.4 is 5.63 Å². The lowest BCUT2D eigenvalue weighted by molar-refractivity contribution is 0.466. The Bertz CT molecular complexity index is 665. The summed E-state index contributed by atoms with van der Waals surface area (Å²) in [6.45, 7) is 7.31. The first kappa shape index (κ1) is 12.2. The molecule has 0 radical (unpaired) electrons. The molecule has 0 saturated heterocycles. The fourth-order valence-corrected chi connectivity index (χ4v) is 2.00. The first-order valence-corrected chi connectivity index (χ1v) is 5.66. The van der Waals surface area contributed by atoms with Gasteiger partial charge >= 0.3 is 5.63 Å². The zero-order valence-electron chi connectivity index (χ0n) is 9.98. The predicted molar refractivity (Wildman–Crippen MR) is 72.0 cm³/mol. The van der Waals surface area contributed by atoms with Crippen LogP contribution in [-0.2, 0) is 12.8 Å². The summed E-state index contributed by atoms with van der Waals surface area (Å²) in [7, 11) is 0. The lowest BCUT2D eigenvalue weighted by Crippen LogP contribution is -2.02. The first-order chi connectivity index (χ1) is 8.67. The van der Waals surface area contributed by atoms with Gasteiger partial charge in [-0.25, -0.2) is 4.79 Å². The third kappa shape index (κ3) is 2.07. The normalized spacial score (nSPS) is 10.4. The van der Waals surface area contributed by atoms with Gasteiger partial charge in [0, 0.05) is 17.0 Å². The Kier molecular flexibility index (Phi) is 3.33. The second kappa shape index (κ2) is 4.92. The molecule has 92 valence electrons. The van der Waals surface area contributed by atoms with Gasteiger partial charge in [-0.1, -0.05) is 12.2 Å². The molecule has 0 spiro atoms. The largest absolute Gasteiger partial charge is 0.508 e. The molecule has 0 aliphatic rings. The first-order valence-electron chi connectivity index (χ1n) is 5.66. The van der Waals surface area contributed by atoms with Crippen LogP contribution in [0.4, 0.5) is 0 Å². The predicted octanol–water partition coefficient (Wildman–Crippen LogP) is 2.96. The van der Waals surface area contributed by atoms with Crippen LogP contribution >= 0.6 is 0 Å². The summed E-state index contributed by atoms with van der Waals surface area (Å²) in [6.07, 6.45) is 4.42. The number of benzene rings is 1. The number of fused-ring (bicyclic) bond motifs is 1. The Labute approximate surface area is 105 Å². The smallest absolute Gasteiger partial charge is 0.336 e. The van der Waals surface area contributed by atoms with Crippen molar-refractivity contribution in [2.75, 3.05) is 0 Å². The highest BCUT2D eigenvalue weighted by Crippen LogP contribution is 2.29. The van der Waals surface area contributed by atoms with E-state index in [1.54, 1.807) is 24.3 Å². The fourth-order valence-electron chi connectivity index (χ4n) is 2.00. The van der Waals surface area contributed by atoms with Gasteiger partial charge in [0.15, 0.2) is 0 Å². The fraction of sp³-hybridized carbons (Fsp3) is 0.133. The third-order valence-corrected chi connectivity index (χ3v) is 2.79. The molecule has 1 N–H and O–H groups in total. The minimum absolute atomic E-state index is 0.112. The average molecular weight is 242 g/mol. The van der Waals surface area contributed by atoms with Crippen LogP contribution in [0, 0.1) is 0 Å². The summed E-state index contributed by atoms with van der Waals surface area (Å²) >= 11 is 0. The maximum Gasteiger partial charge on any atom is 0.336 e. The molecular formula is C15H14O3. The molecule has 0 atom stereocenters. The van der Waals surface area contributed by atoms with Crippen molar-refractivity contribution in [1.82, 2.24) is 0 Å². The van der Waals surface area contributed by atoms with Crippen molar-refractivity contribution in [3.63, 3.8) is 0 Å². The number of rotatable bonds is 4. The Morgan fingerprint density at radius 3 is 2.61 bits per heavy atom. The summed E-state index contributed by atoms with van der Waals surface area (Å²) in [5.74, 6) is 0.112. The molecule has 1 aromatic heterocycles. The number of phenols is 1. The number of allylic oxidation sites excluding steroid dienone is 2. The SMILES string of the molecule is C=CCc1cc(=O)oc2c(CC=C)c(O)ccc12. The van der Waals surface area contributed by atoms with E-state index < -0.39 is 5.63 Å². The molecule has 0 amide bonds. The molecule has 0 aliphatic carbocycles. The zero-order chi connectivity index (χ0) is 13.1. The standard InChI is InChI=1S/C15H14O3/c1-3-5-10-9-14(17)18-15-11(10)7-8-13(16)12(15)6-4-2/h3-4,7-9,16H,1-2,5-6H2. The van der Waals surface area contributed by atoms with Gasteiger partial charge in [-0.15, -0.1) is 13.2 Å². The van der Waals surface area contributed by atoms with Crippen molar-refractivity contribution < 1.29 is 9.52 Å². The third-order valence-electron chi connectivity index (χ3n) is 2.79. The molecule has 2 aromatic rings. The quantitative estimate of drug-likeness (QED) is 0.662. The molecule has 3 heteroatoms. The summed E-state index contributed by atoms with van der Waals surface area (Å²) in [5, 5.41) is 10.6. The highest BCUT2D eigenvalue weighted by Gasteiger charge is 2.11. The topological polar surface area (TPSA) is 50.4 Å². The van der Waals surface area contributed by atoms with E-state index in [4.69, 9.17) is 4.42 Å². The second-order valence-electron chi connectivity index (χ2n) is 4.02. The Hall–Kier alpha value is -2.29. The van der Waals surface area contributed by atoms with Crippen molar-refractivity contribution in [2.45, 2.75) is 12.8 Å². The van der Waals surface area contributed by atoms with Crippen molar-refractivity contribution >= 4 is 11.0 Å². The van der Waals surface area contributed by atoms with Crippen LogP contribution in [0.3, 0.4) is 0 Å². The summed E-state index contributed by atoms with van der Waals surface area (Å²) in [5.41, 5.74) is 1.45. The van der Waals surface area contributed by atoms with Crippen LogP contribution in [0.5, 0.6) is 5.75 Å². The molecule has 18 heavy (non-hydrogen) atoms. The van der Waals surface area contributed by atoms with Crippen molar-refractivity contribution in [3.05, 3.63) is 65.1 Å². The summed E-state index contributed by atoms with van der Waals surface area (Å²) in [6, 6.07) is 4.81. The van der Waals surface area contributed by atoms with Crippen molar-refractivity contribution in [2.24, 2.45) is 0 Å². The second-order valence-corrected chi connectivity index (χ2v) is 4.02. The van der Waals surface area contributed by atoms with Crippen LogP contribution in [-0.4, -0.2) is 5.11 Å². The van der Waals surface area contributed by atoms with Crippen LogP contribution in [0.1, 0.15) is 11.1 Å². The molecule has 3 nitrogen and oxygen atoms in total. The number of phenolic OH excluding ortho intramolecular Hbond substituents is 1. The van der Waals surface area contributed by atoms with Gasteiger partial charge in [0.2, 0.25) is 0 Å². The molecule has 1 aromatic carbocycles. The monoisotopic (exact) mass is 242 g/mol. The molecule has 0 fully saturated rings. The summed E-state index contributed by atoms with van der Waals surface area (Å²) in [4.78, 5) is 11.5. The number of hydrogen-bond acceptors (Lipinski definition) is 3. The molecular weight excluding hydrogens is 228 g/mol. The molecule has 2 rings (SSSR count). The van der Waals surface area contributed by atoms with Crippen LogP contribution in [0.15, 0.2) is 52.7 Å². The van der Waals surface area contributed by atoms with E-state index in [1.165, 1.54) is 6.07 Å². The Morgan fingerprint density at radius 2 is 1.94 bits per heavy atom. The van der Waals surface area contributed by atoms with Crippen molar-refractivity contribution in [1.29, 1.82) is 0 Å². The summed E-state index contributed by atoms with van der Waals surface area (Å²) < 4.78 is 5.22.